The van der Waals surface area contributed by atoms with E-state index in [1.165, 1.54) is 13.5 Å². The summed E-state index contributed by atoms with van der Waals surface area (Å²) >= 11 is 5.38. The average molecular weight is 357 g/mol. The highest BCUT2D eigenvalue weighted by atomic mass is 32.1. The van der Waals surface area contributed by atoms with Crippen LogP contribution in [0.1, 0.15) is 23.2 Å². The number of benzene rings is 1. The zero-order chi connectivity index (χ0) is 17.8. The SMILES string of the molecule is C#CC1CN2CCC1CC2CNC(=S)Nc1cccc(C(=O)OC)c1. The van der Waals surface area contributed by atoms with Crippen molar-refractivity contribution in [3.05, 3.63) is 29.8 Å². The minimum atomic E-state index is -0.364. The van der Waals surface area contributed by atoms with E-state index >= 15 is 0 Å². The van der Waals surface area contributed by atoms with Crippen LogP contribution < -0.4 is 10.6 Å². The third kappa shape index (κ3) is 4.12. The second-order valence-corrected chi connectivity index (χ2v) is 7.02. The van der Waals surface area contributed by atoms with Crippen molar-refractivity contribution < 1.29 is 9.53 Å². The lowest BCUT2D eigenvalue weighted by Gasteiger charge is -2.48. The second kappa shape index (κ2) is 7.85. The zero-order valence-electron chi connectivity index (χ0n) is 14.3. The number of carbonyl (C=O) groups is 1. The number of nitrogens with one attached hydrogen (secondary N) is 2. The molecule has 3 aliphatic rings. The first kappa shape index (κ1) is 17.7. The number of nitrogens with zero attached hydrogens (tertiary/aromatic N) is 1. The molecule has 4 atom stereocenters. The lowest BCUT2D eigenvalue weighted by atomic mass is 9.76. The highest BCUT2D eigenvalue weighted by Crippen LogP contribution is 2.35. The minimum Gasteiger partial charge on any atom is -0.465 e. The Bertz CT molecular complexity index is 700. The average Bonchev–Trinajstić information content (AvgIpc) is 2.66. The van der Waals surface area contributed by atoms with Gasteiger partial charge in [0.15, 0.2) is 5.11 Å². The summed E-state index contributed by atoms with van der Waals surface area (Å²) in [6.07, 6.45) is 7.96. The van der Waals surface area contributed by atoms with Gasteiger partial charge in [-0.3, -0.25) is 4.90 Å². The largest absolute Gasteiger partial charge is 0.465 e. The monoisotopic (exact) mass is 357 g/mol. The van der Waals surface area contributed by atoms with Gasteiger partial charge in [-0.05, 0) is 55.7 Å². The number of thiocarbonyl (C=S) groups is 1. The van der Waals surface area contributed by atoms with E-state index in [2.05, 4.69) is 21.5 Å². The molecule has 3 fully saturated rings. The minimum absolute atomic E-state index is 0.364. The van der Waals surface area contributed by atoms with Crippen LogP contribution >= 0.6 is 12.2 Å². The first-order valence-electron chi connectivity index (χ1n) is 8.54. The Morgan fingerprint density at radius 3 is 3.04 bits per heavy atom. The zero-order valence-corrected chi connectivity index (χ0v) is 15.1. The number of carbonyl (C=O) groups excluding carboxylic acids is 1. The number of ether oxygens (including phenoxy) is 1. The maximum absolute atomic E-state index is 11.6. The Kier molecular flexibility index (Phi) is 5.57. The van der Waals surface area contributed by atoms with Gasteiger partial charge in [0.1, 0.15) is 0 Å². The number of esters is 1. The molecule has 0 radical (unpaired) electrons. The molecule has 1 aromatic carbocycles. The highest BCUT2D eigenvalue weighted by Gasteiger charge is 2.39. The molecule has 2 bridgehead atoms. The van der Waals surface area contributed by atoms with E-state index < -0.39 is 0 Å². The molecule has 4 unspecified atom stereocenters. The number of piperidine rings is 3. The number of terminal acetylenes is 1. The molecule has 25 heavy (non-hydrogen) atoms. The van der Waals surface area contributed by atoms with Crippen LogP contribution in [-0.4, -0.2) is 48.8 Å². The molecule has 4 rings (SSSR count). The van der Waals surface area contributed by atoms with Crippen molar-refractivity contribution in [3.8, 4) is 12.3 Å². The van der Waals surface area contributed by atoms with Crippen LogP contribution in [0.2, 0.25) is 0 Å². The van der Waals surface area contributed by atoms with Gasteiger partial charge in [-0.15, -0.1) is 12.3 Å². The molecule has 0 saturated carbocycles. The first-order valence-corrected chi connectivity index (χ1v) is 8.95. The third-order valence-electron chi connectivity index (χ3n) is 5.13. The number of hydrogen-bond donors (Lipinski definition) is 2. The summed E-state index contributed by atoms with van der Waals surface area (Å²) in [6, 6.07) is 7.57. The van der Waals surface area contributed by atoms with Crippen LogP contribution in [0.4, 0.5) is 5.69 Å². The van der Waals surface area contributed by atoms with E-state index in [-0.39, 0.29) is 5.97 Å². The van der Waals surface area contributed by atoms with Gasteiger partial charge in [-0.25, -0.2) is 4.79 Å². The van der Waals surface area contributed by atoms with Crippen molar-refractivity contribution in [2.75, 3.05) is 32.1 Å². The molecule has 0 aliphatic carbocycles. The van der Waals surface area contributed by atoms with Gasteiger partial charge >= 0.3 is 5.97 Å². The van der Waals surface area contributed by atoms with Gasteiger partial charge in [0.25, 0.3) is 0 Å². The summed E-state index contributed by atoms with van der Waals surface area (Å²) in [5.74, 6) is 3.61. The molecule has 2 N–H and O–H groups in total. The molecular formula is C19H23N3O2S. The normalized spacial score (nSPS) is 27.2. The third-order valence-corrected chi connectivity index (χ3v) is 5.38. The molecule has 6 heteroatoms. The molecule has 0 amide bonds. The molecule has 5 nitrogen and oxygen atoms in total. The lowest BCUT2D eigenvalue weighted by molar-refractivity contribution is 0.0248. The summed E-state index contributed by atoms with van der Waals surface area (Å²) in [4.78, 5) is 14.1. The fourth-order valence-electron chi connectivity index (χ4n) is 3.77. The quantitative estimate of drug-likeness (QED) is 0.489. The Morgan fingerprint density at radius 2 is 2.36 bits per heavy atom. The molecule has 1 aromatic rings. The Balaban J connectivity index is 1.51. The van der Waals surface area contributed by atoms with Gasteiger partial charge in [0.2, 0.25) is 0 Å². The molecule has 0 aromatic heterocycles. The molecule has 3 heterocycles. The summed E-state index contributed by atoms with van der Waals surface area (Å²) in [5.41, 5.74) is 1.25. The number of hydrogen-bond acceptors (Lipinski definition) is 4. The number of rotatable bonds is 4. The van der Waals surface area contributed by atoms with E-state index in [4.69, 9.17) is 23.4 Å². The van der Waals surface area contributed by atoms with Gasteiger partial charge < -0.3 is 15.4 Å². The van der Waals surface area contributed by atoms with Crippen molar-refractivity contribution in [1.29, 1.82) is 0 Å². The fraction of sp³-hybridized carbons (Fsp3) is 0.474. The number of fused-ring (bicyclic) bond motifs is 3. The maximum Gasteiger partial charge on any atom is 0.337 e. The predicted molar refractivity (Wildman–Crippen MR) is 102 cm³/mol. The molecule has 0 spiro atoms. The summed E-state index contributed by atoms with van der Waals surface area (Å²) < 4.78 is 4.73. The Labute approximate surface area is 154 Å². The predicted octanol–water partition coefficient (Wildman–Crippen LogP) is 2.10. The van der Waals surface area contributed by atoms with E-state index in [9.17, 15) is 4.79 Å². The van der Waals surface area contributed by atoms with Gasteiger partial charge in [0.05, 0.1) is 12.7 Å². The van der Waals surface area contributed by atoms with E-state index in [0.29, 0.717) is 28.6 Å². The first-order chi connectivity index (χ1) is 12.1. The van der Waals surface area contributed by atoms with Crippen molar-refractivity contribution in [2.24, 2.45) is 11.8 Å². The number of methoxy groups -OCH3 is 1. The molecular weight excluding hydrogens is 334 g/mol. The van der Waals surface area contributed by atoms with Crippen molar-refractivity contribution in [3.63, 3.8) is 0 Å². The van der Waals surface area contributed by atoms with E-state index in [0.717, 1.165) is 31.7 Å². The van der Waals surface area contributed by atoms with Crippen molar-refractivity contribution in [2.45, 2.75) is 18.9 Å². The van der Waals surface area contributed by atoms with Crippen molar-refractivity contribution in [1.82, 2.24) is 10.2 Å². The van der Waals surface area contributed by atoms with Crippen LogP contribution in [0.5, 0.6) is 0 Å². The smallest absolute Gasteiger partial charge is 0.337 e. The van der Waals surface area contributed by atoms with E-state index in [1.807, 2.05) is 6.07 Å². The summed E-state index contributed by atoms with van der Waals surface area (Å²) in [5, 5.41) is 6.97. The Morgan fingerprint density at radius 1 is 1.52 bits per heavy atom. The lowest BCUT2D eigenvalue weighted by Crippen LogP contribution is -2.56. The van der Waals surface area contributed by atoms with Crippen LogP contribution in [0.15, 0.2) is 24.3 Å². The van der Waals surface area contributed by atoms with Crippen molar-refractivity contribution >= 4 is 29.0 Å². The van der Waals surface area contributed by atoms with E-state index in [1.54, 1.807) is 18.2 Å². The van der Waals surface area contributed by atoms with Crippen LogP contribution in [0.3, 0.4) is 0 Å². The van der Waals surface area contributed by atoms with Gasteiger partial charge in [-0.2, -0.15) is 0 Å². The molecule has 3 aliphatic heterocycles. The highest BCUT2D eigenvalue weighted by molar-refractivity contribution is 7.80. The summed E-state index contributed by atoms with van der Waals surface area (Å²) in [7, 11) is 1.37. The summed E-state index contributed by atoms with van der Waals surface area (Å²) in [6.45, 7) is 2.92. The van der Waals surface area contributed by atoms with Gasteiger partial charge in [0, 0.05) is 30.7 Å². The van der Waals surface area contributed by atoms with Crippen LogP contribution in [0.25, 0.3) is 0 Å². The maximum atomic E-state index is 11.6. The van der Waals surface area contributed by atoms with Crippen LogP contribution in [0, 0.1) is 24.2 Å². The fourth-order valence-corrected chi connectivity index (χ4v) is 3.97. The number of anilines is 1. The Hall–Kier alpha value is -2.10. The standard InChI is InChI=1S/C19H23N3O2S/c1-3-13-12-22-8-7-14(13)10-17(22)11-20-19(25)21-16-6-4-5-15(9-16)18(23)24-2/h1,4-6,9,13-14,17H,7-8,10-12H2,2H3,(H2,20,21,25). The van der Waals surface area contributed by atoms with Gasteiger partial charge in [-0.1, -0.05) is 6.07 Å². The molecule has 132 valence electrons. The van der Waals surface area contributed by atoms with Crippen LogP contribution in [-0.2, 0) is 4.74 Å². The topological polar surface area (TPSA) is 53.6 Å². The second-order valence-electron chi connectivity index (χ2n) is 6.61. The molecule has 3 saturated heterocycles.